The van der Waals surface area contributed by atoms with Gasteiger partial charge in [-0.15, -0.1) is 0 Å². The third-order valence-electron chi connectivity index (χ3n) is 15.5. The summed E-state index contributed by atoms with van der Waals surface area (Å²) in [4.78, 5) is 20.9. The van der Waals surface area contributed by atoms with E-state index in [2.05, 4.69) is 239 Å². The number of hydrogen-bond acceptors (Lipinski definition) is 2. The van der Waals surface area contributed by atoms with Gasteiger partial charge < -0.3 is 9.97 Å². The average molecular weight is 935 g/mol. The first-order valence-corrected chi connectivity index (χ1v) is 25.8. The Bertz CT molecular complexity index is 3810. The minimum Gasteiger partial charge on any atom is -0.354 e. The monoisotopic (exact) mass is 934 g/mol. The van der Waals surface area contributed by atoms with Gasteiger partial charge in [0.25, 0.3) is 0 Å². The number of nitrogens with zero attached hydrogens (tertiary/aromatic N) is 2. The molecule has 0 saturated carbocycles. The van der Waals surface area contributed by atoms with E-state index >= 15 is 0 Å². The van der Waals surface area contributed by atoms with Crippen LogP contribution in [0.3, 0.4) is 0 Å². The van der Waals surface area contributed by atoms with Crippen molar-refractivity contribution in [2.75, 3.05) is 0 Å². The molecule has 72 heavy (non-hydrogen) atoms. The number of fused-ring (bicyclic) bond motifs is 24. The van der Waals surface area contributed by atoms with Crippen molar-refractivity contribution in [2.45, 2.75) is 105 Å². The molecule has 4 nitrogen and oxygen atoms in total. The fourth-order valence-electron chi connectivity index (χ4n) is 12.5. The van der Waals surface area contributed by atoms with Gasteiger partial charge in [0, 0.05) is 66.1 Å². The summed E-state index contributed by atoms with van der Waals surface area (Å²) < 4.78 is 0. The molecule has 13 rings (SSSR count). The Hall–Kier alpha value is -7.56. The Morgan fingerprint density at radius 3 is 0.625 bits per heavy atom. The molecule has 8 bridgehead atoms. The molecule has 2 aliphatic rings. The van der Waals surface area contributed by atoms with Gasteiger partial charge in [0.05, 0.1) is 44.8 Å². The fourth-order valence-corrected chi connectivity index (χ4v) is 12.5. The second kappa shape index (κ2) is 15.0. The topological polar surface area (TPSA) is 57.4 Å². The maximum absolute atomic E-state index is 6.13. The molecule has 0 spiro atoms. The lowest BCUT2D eigenvalue weighted by atomic mass is 9.81. The van der Waals surface area contributed by atoms with E-state index in [0.717, 1.165) is 67.1 Å². The molecule has 4 heteroatoms. The summed E-state index contributed by atoms with van der Waals surface area (Å²) in [6.07, 6.45) is 0. The molecule has 0 radical (unpaired) electrons. The number of aromatic amines is 2. The molecule has 2 N–H and O–H groups in total. The van der Waals surface area contributed by atoms with E-state index in [1.807, 2.05) is 0 Å². The number of aromatic nitrogens is 4. The Kier molecular flexibility index (Phi) is 9.24. The van der Waals surface area contributed by atoms with E-state index in [0.29, 0.717) is 0 Å². The number of rotatable bonds is 0. The van der Waals surface area contributed by atoms with Gasteiger partial charge in [0.2, 0.25) is 0 Å². The number of nitrogens with one attached hydrogen (secondary N) is 2. The van der Waals surface area contributed by atoms with Crippen LogP contribution in [0.5, 0.6) is 0 Å². The SMILES string of the molecule is CC(C)(C)c1c2nc(c(C(C)(C)C)c3[nH]c(c(C(C)(C)C)c4nc(c(C(C)(C)C)c5[nH]c1c1cc6ccccc6cc51)-c1cc5ccccc5cc1-4)c1cc4ccccc4cc31)-c1cc3ccccc3cc1-2. The molecule has 2 aliphatic heterocycles. The Balaban J connectivity index is 1.41. The third-order valence-corrected chi connectivity index (χ3v) is 15.5. The standard InChI is InChI=1S/C68H62N4/c1-65(2,3)53-57-45-29-37-21-13-15-23-39(37)31-47(45)59(69-57)54(66(4,5)6)61-49-33-41-25-17-19-27-43(41)35-51(49)63(71-61)56(68(10,11)12)64-52-36-44-28-20-18-26-42(44)34-50(52)62(72-64)55(67(7,8)9)60-48-32-40-24-16-14-22-38(40)30-46(48)58(53)70-60/h13-36,69,72H,1-12H3. The van der Waals surface area contributed by atoms with Crippen molar-refractivity contribution >= 4 is 86.7 Å². The average Bonchev–Trinajstić information content (AvgIpc) is 4.06. The Labute approximate surface area is 422 Å². The molecule has 354 valence electrons. The van der Waals surface area contributed by atoms with Crippen LogP contribution in [-0.2, 0) is 21.7 Å². The second-order valence-electron chi connectivity index (χ2n) is 24.8. The lowest BCUT2D eigenvalue weighted by Crippen LogP contribution is -2.15. The van der Waals surface area contributed by atoms with Crippen LogP contribution in [0.25, 0.3) is 132 Å². The van der Waals surface area contributed by atoms with Crippen molar-refractivity contribution in [3.05, 3.63) is 168 Å². The van der Waals surface area contributed by atoms with E-state index in [-0.39, 0.29) is 21.7 Å². The molecule has 8 aromatic carbocycles. The molecule has 0 fully saturated rings. The van der Waals surface area contributed by atoms with Crippen molar-refractivity contribution in [3.8, 4) is 45.0 Å². The molecule has 0 aliphatic carbocycles. The zero-order valence-electron chi connectivity index (χ0n) is 43.8. The van der Waals surface area contributed by atoms with Gasteiger partial charge in [-0.05, 0) is 113 Å². The van der Waals surface area contributed by atoms with Crippen LogP contribution in [0.1, 0.15) is 105 Å². The fraction of sp³-hybridized carbons (Fsp3) is 0.235. The minimum atomic E-state index is -0.355. The van der Waals surface area contributed by atoms with Gasteiger partial charge in [-0.25, -0.2) is 9.97 Å². The van der Waals surface area contributed by atoms with Gasteiger partial charge in [0.1, 0.15) is 0 Å². The van der Waals surface area contributed by atoms with Crippen molar-refractivity contribution in [2.24, 2.45) is 0 Å². The van der Waals surface area contributed by atoms with Crippen molar-refractivity contribution in [3.63, 3.8) is 0 Å². The highest BCUT2D eigenvalue weighted by molar-refractivity contribution is 6.19. The first kappa shape index (κ1) is 44.4. The zero-order chi connectivity index (χ0) is 50.0. The largest absolute Gasteiger partial charge is 0.354 e. The van der Waals surface area contributed by atoms with Crippen molar-refractivity contribution < 1.29 is 0 Å². The molecule has 3 aromatic heterocycles. The van der Waals surface area contributed by atoms with Crippen LogP contribution in [0, 0.1) is 0 Å². The minimum absolute atomic E-state index is 0.355. The van der Waals surface area contributed by atoms with Crippen molar-refractivity contribution in [1.29, 1.82) is 0 Å². The van der Waals surface area contributed by atoms with E-state index in [1.54, 1.807) is 0 Å². The van der Waals surface area contributed by atoms with Crippen LogP contribution >= 0.6 is 0 Å². The Morgan fingerprint density at radius 1 is 0.264 bits per heavy atom. The summed E-state index contributed by atoms with van der Waals surface area (Å²) in [7, 11) is 0. The van der Waals surface area contributed by atoms with E-state index in [1.165, 1.54) is 86.9 Å². The highest BCUT2D eigenvalue weighted by atomic mass is 14.8. The summed E-state index contributed by atoms with van der Waals surface area (Å²) in [6, 6.07) is 54.6. The van der Waals surface area contributed by atoms with Gasteiger partial charge in [-0.3, -0.25) is 0 Å². The second-order valence-corrected chi connectivity index (χ2v) is 24.8. The lowest BCUT2D eigenvalue weighted by molar-refractivity contribution is 0.591. The molecule has 5 heterocycles. The van der Waals surface area contributed by atoms with E-state index in [4.69, 9.17) is 9.97 Å². The quantitative estimate of drug-likeness (QED) is 0.159. The molecule has 0 saturated heterocycles. The molecule has 0 unspecified atom stereocenters. The first-order chi connectivity index (χ1) is 34.2. The van der Waals surface area contributed by atoms with E-state index in [9.17, 15) is 0 Å². The number of benzene rings is 8. The van der Waals surface area contributed by atoms with Crippen LogP contribution < -0.4 is 0 Å². The third kappa shape index (κ3) is 6.64. The normalized spacial score (nSPS) is 13.3. The van der Waals surface area contributed by atoms with E-state index < -0.39 is 0 Å². The lowest BCUT2D eigenvalue weighted by Gasteiger charge is -2.22. The summed E-state index contributed by atoms with van der Waals surface area (Å²) >= 11 is 0. The molecule has 11 aromatic rings. The molecule has 0 atom stereocenters. The summed E-state index contributed by atoms with van der Waals surface area (Å²) in [5, 5.41) is 14.4. The molecular formula is C68H62N4. The van der Waals surface area contributed by atoms with Gasteiger partial charge in [0.15, 0.2) is 0 Å². The maximum Gasteiger partial charge on any atom is 0.0774 e. The Morgan fingerprint density at radius 2 is 0.444 bits per heavy atom. The van der Waals surface area contributed by atoms with Crippen LogP contribution in [0.15, 0.2) is 146 Å². The predicted octanol–water partition coefficient (Wildman–Crippen LogP) is 19.1. The number of hydrogen-bond donors (Lipinski definition) is 2. The smallest absolute Gasteiger partial charge is 0.0774 e. The zero-order valence-corrected chi connectivity index (χ0v) is 43.8. The molecular weight excluding hydrogens is 873 g/mol. The highest BCUT2D eigenvalue weighted by Crippen LogP contribution is 2.53. The summed E-state index contributed by atoms with van der Waals surface area (Å²) in [5.41, 5.74) is 16.4. The summed E-state index contributed by atoms with van der Waals surface area (Å²) in [5.74, 6) is 0. The first-order valence-electron chi connectivity index (χ1n) is 25.8. The molecule has 0 amide bonds. The number of H-pyrrole nitrogens is 2. The van der Waals surface area contributed by atoms with Crippen LogP contribution in [0.4, 0.5) is 0 Å². The highest BCUT2D eigenvalue weighted by Gasteiger charge is 2.36. The van der Waals surface area contributed by atoms with Gasteiger partial charge in [-0.2, -0.15) is 0 Å². The van der Waals surface area contributed by atoms with Gasteiger partial charge >= 0.3 is 0 Å². The predicted molar refractivity (Wildman–Crippen MR) is 310 cm³/mol. The van der Waals surface area contributed by atoms with Crippen LogP contribution in [-0.4, -0.2) is 19.9 Å². The van der Waals surface area contributed by atoms with Gasteiger partial charge in [-0.1, -0.05) is 180 Å². The summed E-state index contributed by atoms with van der Waals surface area (Å²) in [6.45, 7) is 28.4. The van der Waals surface area contributed by atoms with Crippen molar-refractivity contribution in [1.82, 2.24) is 19.9 Å². The van der Waals surface area contributed by atoms with Crippen LogP contribution in [0.2, 0.25) is 0 Å². The maximum atomic E-state index is 6.13.